The quantitative estimate of drug-likeness (QED) is 0.854. The number of hydrogen-bond donors (Lipinski definition) is 0. The lowest BCUT2D eigenvalue weighted by Crippen LogP contribution is -2.38. The van der Waals surface area contributed by atoms with Crippen LogP contribution in [0.5, 0.6) is 0 Å². The summed E-state index contributed by atoms with van der Waals surface area (Å²) in [6.45, 7) is 5.77. The smallest absolute Gasteiger partial charge is 0.222 e. The second-order valence-electron chi connectivity index (χ2n) is 7.14. The second kappa shape index (κ2) is 6.80. The van der Waals surface area contributed by atoms with Gasteiger partial charge in [-0.3, -0.25) is 4.79 Å². The maximum atomic E-state index is 12.4. The highest BCUT2D eigenvalue weighted by Gasteiger charge is 2.29. The summed E-state index contributed by atoms with van der Waals surface area (Å²) in [5, 5.41) is 8.31. The average Bonchev–Trinajstić information content (AvgIpc) is 3.18. The second-order valence-corrected chi connectivity index (χ2v) is 7.14. The monoisotopic (exact) mass is 305 g/mol. The Kier molecular flexibility index (Phi) is 4.79. The van der Waals surface area contributed by atoms with Gasteiger partial charge in [0.15, 0.2) is 0 Å². The van der Waals surface area contributed by atoms with Crippen LogP contribution in [-0.4, -0.2) is 34.1 Å². The summed E-state index contributed by atoms with van der Waals surface area (Å²) >= 11 is 0. The first-order valence-corrected chi connectivity index (χ1v) is 8.74. The van der Waals surface area contributed by atoms with E-state index in [4.69, 9.17) is 4.42 Å². The molecule has 1 aromatic heterocycles. The van der Waals surface area contributed by atoms with Crippen molar-refractivity contribution in [3.05, 3.63) is 11.8 Å². The van der Waals surface area contributed by atoms with Crippen LogP contribution in [0.15, 0.2) is 4.42 Å². The van der Waals surface area contributed by atoms with Crippen molar-refractivity contribution in [1.82, 2.24) is 15.1 Å². The predicted octanol–water partition coefficient (Wildman–Crippen LogP) is 3.48. The average molecular weight is 305 g/mol. The van der Waals surface area contributed by atoms with Crippen molar-refractivity contribution in [2.24, 2.45) is 5.92 Å². The molecule has 0 atom stereocenters. The number of aromatic nitrogens is 2. The molecule has 0 radical (unpaired) electrons. The maximum Gasteiger partial charge on any atom is 0.222 e. The summed E-state index contributed by atoms with van der Waals surface area (Å²) in [5.41, 5.74) is 0. The van der Waals surface area contributed by atoms with Gasteiger partial charge in [-0.2, -0.15) is 0 Å². The molecule has 2 heterocycles. The first-order valence-electron chi connectivity index (χ1n) is 8.74. The highest BCUT2D eigenvalue weighted by Crippen LogP contribution is 2.31. The number of carbonyl (C=O) groups is 1. The number of hydrogen-bond acceptors (Lipinski definition) is 4. The van der Waals surface area contributed by atoms with E-state index in [0.29, 0.717) is 17.7 Å². The van der Waals surface area contributed by atoms with Crippen LogP contribution in [0.2, 0.25) is 0 Å². The first kappa shape index (κ1) is 15.5. The molecule has 1 aliphatic heterocycles. The van der Waals surface area contributed by atoms with E-state index in [1.165, 1.54) is 25.7 Å². The van der Waals surface area contributed by atoms with Gasteiger partial charge in [-0.15, -0.1) is 10.2 Å². The van der Waals surface area contributed by atoms with Gasteiger partial charge in [0.1, 0.15) is 0 Å². The molecule has 0 spiro atoms. The van der Waals surface area contributed by atoms with Crippen molar-refractivity contribution >= 4 is 5.91 Å². The van der Waals surface area contributed by atoms with E-state index in [1.54, 1.807) is 0 Å². The molecule has 122 valence electrons. The summed E-state index contributed by atoms with van der Waals surface area (Å²) in [5.74, 6) is 3.04. The van der Waals surface area contributed by atoms with Crippen molar-refractivity contribution in [3.8, 4) is 0 Å². The fraction of sp³-hybridized carbons (Fsp3) is 0.824. The largest absolute Gasteiger partial charge is 0.425 e. The number of carbonyl (C=O) groups excluding carboxylic acids is 1. The van der Waals surface area contributed by atoms with Crippen LogP contribution in [0.25, 0.3) is 0 Å². The third kappa shape index (κ3) is 3.50. The molecule has 2 aliphatic rings. The molecule has 1 saturated carbocycles. The Hall–Kier alpha value is -1.39. The molecule has 0 N–H and O–H groups in total. The Morgan fingerprint density at radius 1 is 1.18 bits per heavy atom. The van der Waals surface area contributed by atoms with Gasteiger partial charge < -0.3 is 9.32 Å². The maximum absolute atomic E-state index is 12.4. The SMILES string of the molecule is CC(C)c1nnc(C2CCN(C(=O)CC3CCCC3)CC2)o1. The van der Waals surface area contributed by atoms with Crippen LogP contribution >= 0.6 is 0 Å². The lowest BCUT2D eigenvalue weighted by atomic mass is 9.95. The molecule has 5 heteroatoms. The fourth-order valence-corrected chi connectivity index (χ4v) is 3.61. The summed E-state index contributed by atoms with van der Waals surface area (Å²) in [6, 6.07) is 0. The Labute approximate surface area is 132 Å². The minimum absolute atomic E-state index is 0.273. The topological polar surface area (TPSA) is 59.2 Å². The molecule has 1 amide bonds. The number of likely N-dealkylation sites (tertiary alicyclic amines) is 1. The molecule has 0 aromatic carbocycles. The van der Waals surface area contributed by atoms with Crippen LogP contribution < -0.4 is 0 Å². The highest BCUT2D eigenvalue weighted by atomic mass is 16.4. The van der Waals surface area contributed by atoms with Crippen molar-refractivity contribution < 1.29 is 9.21 Å². The minimum atomic E-state index is 0.273. The standard InChI is InChI=1S/C17H27N3O2/c1-12(2)16-18-19-17(22-16)14-7-9-20(10-8-14)15(21)11-13-5-3-4-6-13/h12-14H,3-11H2,1-2H3. The fourth-order valence-electron chi connectivity index (χ4n) is 3.61. The zero-order valence-corrected chi connectivity index (χ0v) is 13.8. The number of amides is 1. The van der Waals surface area contributed by atoms with Crippen LogP contribution in [-0.2, 0) is 4.79 Å². The summed E-state index contributed by atoms with van der Waals surface area (Å²) in [7, 11) is 0. The van der Waals surface area contributed by atoms with E-state index in [2.05, 4.69) is 24.0 Å². The van der Waals surface area contributed by atoms with Gasteiger partial charge in [-0.05, 0) is 31.6 Å². The third-order valence-corrected chi connectivity index (χ3v) is 5.09. The van der Waals surface area contributed by atoms with Gasteiger partial charge in [-0.25, -0.2) is 0 Å². The number of nitrogens with zero attached hydrogens (tertiary/aromatic N) is 3. The molecule has 1 aromatic rings. The van der Waals surface area contributed by atoms with Crippen LogP contribution in [0.3, 0.4) is 0 Å². The lowest BCUT2D eigenvalue weighted by molar-refractivity contribution is -0.133. The van der Waals surface area contributed by atoms with Gasteiger partial charge in [0.25, 0.3) is 0 Å². The molecular formula is C17H27N3O2. The molecule has 1 aliphatic carbocycles. The van der Waals surface area contributed by atoms with Crippen molar-refractivity contribution in [2.75, 3.05) is 13.1 Å². The third-order valence-electron chi connectivity index (χ3n) is 5.09. The van der Waals surface area contributed by atoms with Crippen LogP contribution in [0.1, 0.15) is 82.4 Å². The van der Waals surface area contributed by atoms with Crippen LogP contribution in [0.4, 0.5) is 0 Å². The molecule has 1 saturated heterocycles. The lowest BCUT2D eigenvalue weighted by Gasteiger charge is -2.31. The Morgan fingerprint density at radius 3 is 2.45 bits per heavy atom. The van der Waals surface area contributed by atoms with Gasteiger partial charge in [-0.1, -0.05) is 26.7 Å². The van der Waals surface area contributed by atoms with Crippen molar-refractivity contribution in [2.45, 2.75) is 70.6 Å². The highest BCUT2D eigenvalue weighted by molar-refractivity contribution is 5.76. The molecular weight excluding hydrogens is 278 g/mol. The molecule has 2 fully saturated rings. The van der Waals surface area contributed by atoms with Crippen molar-refractivity contribution in [3.63, 3.8) is 0 Å². The zero-order valence-electron chi connectivity index (χ0n) is 13.8. The van der Waals surface area contributed by atoms with E-state index < -0.39 is 0 Å². The Morgan fingerprint density at radius 2 is 1.86 bits per heavy atom. The summed E-state index contributed by atoms with van der Waals surface area (Å²) in [4.78, 5) is 14.4. The van der Waals surface area contributed by atoms with E-state index in [0.717, 1.165) is 44.1 Å². The van der Waals surface area contributed by atoms with Crippen LogP contribution in [0, 0.1) is 5.92 Å². The van der Waals surface area contributed by atoms with E-state index in [-0.39, 0.29) is 5.92 Å². The zero-order chi connectivity index (χ0) is 15.5. The number of rotatable bonds is 4. The normalized spacial score (nSPS) is 21.0. The van der Waals surface area contributed by atoms with Gasteiger partial charge in [0, 0.05) is 31.3 Å². The predicted molar refractivity (Wildman–Crippen MR) is 83.5 cm³/mol. The summed E-state index contributed by atoms with van der Waals surface area (Å²) < 4.78 is 5.76. The Bertz CT molecular complexity index is 498. The minimum Gasteiger partial charge on any atom is -0.425 e. The van der Waals surface area contributed by atoms with Crippen molar-refractivity contribution in [1.29, 1.82) is 0 Å². The van der Waals surface area contributed by atoms with Gasteiger partial charge in [0.2, 0.25) is 17.7 Å². The molecule has 5 nitrogen and oxygen atoms in total. The molecule has 22 heavy (non-hydrogen) atoms. The molecule has 0 bridgehead atoms. The first-order chi connectivity index (χ1) is 10.6. The van der Waals surface area contributed by atoms with Gasteiger partial charge in [0.05, 0.1) is 0 Å². The summed E-state index contributed by atoms with van der Waals surface area (Å²) in [6.07, 6.45) is 7.71. The van der Waals surface area contributed by atoms with E-state index in [1.807, 2.05) is 4.90 Å². The van der Waals surface area contributed by atoms with Gasteiger partial charge >= 0.3 is 0 Å². The molecule has 3 rings (SSSR count). The molecule has 0 unspecified atom stereocenters. The number of piperidine rings is 1. The van der Waals surface area contributed by atoms with E-state index in [9.17, 15) is 4.79 Å². The Balaban J connectivity index is 1.49. The van der Waals surface area contributed by atoms with E-state index >= 15 is 0 Å².